The quantitative estimate of drug-likeness (QED) is 0.127. The number of carbonyl (C=O) groups excluding carboxylic acids is 1. The van der Waals surface area contributed by atoms with Crippen LogP contribution in [0.5, 0.6) is 0 Å². The number of nitrogens with one attached hydrogen (secondary N) is 1. The first-order valence-electron chi connectivity index (χ1n) is 12.0. The summed E-state index contributed by atoms with van der Waals surface area (Å²) in [7, 11) is 0. The zero-order valence-electron chi connectivity index (χ0n) is 20.8. The van der Waals surface area contributed by atoms with E-state index in [9.17, 15) is 27.2 Å². The molecule has 3 aromatic carbocycles. The van der Waals surface area contributed by atoms with E-state index in [-0.39, 0.29) is 53.7 Å². The maximum absolute atomic E-state index is 14.7. The Labute approximate surface area is 231 Å². The van der Waals surface area contributed by atoms with Gasteiger partial charge in [0.25, 0.3) is 11.5 Å². The lowest BCUT2D eigenvalue weighted by Crippen LogP contribution is -2.42. The van der Waals surface area contributed by atoms with Gasteiger partial charge in [0.05, 0.1) is 22.2 Å². The van der Waals surface area contributed by atoms with Gasteiger partial charge in [-0.1, -0.05) is 29.8 Å². The highest BCUT2D eigenvalue weighted by molar-refractivity contribution is 6.31. The molecule has 1 amide bonds. The van der Waals surface area contributed by atoms with Gasteiger partial charge in [-0.15, -0.1) is 12.3 Å². The van der Waals surface area contributed by atoms with Gasteiger partial charge in [0.2, 0.25) is 0 Å². The minimum atomic E-state index is -2.14. The molecule has 7 nitrogen and oxygen atoms in total. The number of hydrogen-bond acceptors (Lipinski definition) is 5. The molecule has 1 heterocycles. The molecule has 3 N–H and O–H groups in total. The molecule has 0 radical (unpaired) electrons. The number of anilines is 1. The van der Waals surface area contributed by atoms with Crippen molar-refractivity contribution in [3.8, 4) is 12.3 Å². The number of aromatic nitrogens is 2. The smallest absolute Gasteiger partial charge is 0.280 e. The Balaban J connectivity index is 1.96. The SMILES string of the molecule is C#CC[C@H](c1nc2cc(Cl)ccc2c(=O)n1Nc1ccccc1)N(CCCN)C(=O)c1cc(F)c(F)c(F)c1F. The van der Waals surface area contributed by atoms with Gasteiger partial charge in [-0.2, -0.15) is 0 Å². The number of rotatable bonds is 9. The zero-order valence-corrected chi connectivity index (χ0v) is 21.6. The van der Waals surface area contributed by atoms with Crippen LogP contribution < -0.4 is 16.7 Å². The van der Waals surface area contributed by atoms with Crippen LogP contribution in [0.1, 0.15) is 35.1 Å². The highest BCUT2D eigenvalue weighted by Crippen LogP contribution is 2.29. The van der Waals surface area contributed by atoms with Crippen LogP contribution in [0.4, 0.5) is 23.2 Å². The summed E-state index contributed by atoms with van der Waals surface area (Å²) in [5.41, 5.74) is 7.62. The Morgan fingerprint density at radius 1 is 1.10 bits per heavy atom. The van der Waals surface area contributed by atoms with E-state index in [4.69, 9.17) is 23.8 Å². The van der Waals surface area contributed by atoms with E-state index in [1.807, 2.05) is 0 Å². The van der Waals surface area contributed by atoms with Crippen molar-refractivity contribution in [2.75, 3.05) is 18.5 Å². The lowest BCUT2D eigenvalue weighted by molar-refractivity contribution is 0.0659. The van der Waals surface area contributed by atoms with Crippen molar-refractivity contribution < 1.29 is 22.4 Å². The number of nitrogens with two attached hydrogens (primary N) is 1. The van der Waals surface area contributed by atoms with Gasteiger partial charge in [0.1, 0.15) is 6.04 Å². The number of hydrogen-bond donors (Lipinski definition) is 2. The van der Waals surface area contributed by atoms with Gasteiger partial charge in [-0.3, -0.25) is 15.0 Å². The highest BCUT2D eigenvalue weighted by Gasteiger charge is 2.33. The Morgan fingerprint density at radius 2 is 1.82 bits per heavy atom. The largest absolute Gasteiger partial charge is 0.330 e. The van der Waals surface area contributed by atoms with Crippen molar-refractivity contribution >= 4 is 34.1 Å². The number of nitrogens with zero attached hydrogens (tertiary/aromatic N) is 3. The molecule has 206 valence electrons. The zero-order chi connectivity index (χ0) is 29.0. The summed E-state index contributed by atoms with van der Waals surface area (Å²) in [5.74, 6) is -6.71. The number of halogens is 5. The number of amides is 1. The maximum atomic E-state index is 14.7. The molecule has 0 aliphatic rings. The molecule has 0 saturated carbocycles. The third kappa shape index (κ3) is 5.64. The molecular weight excluding hydrogens is 550 g/mol. The van der Waals surface area contributed by atoms with Crippen LogP contribution >= 0.6 is 11.6 Å². The average molecular weight is 572 g/mol. The molecule has 1 aromatic heterocycles. The second-order valence-electron chi connectivity index (χ2n) is 8.66. The summed E-state index contributed by atoms with van der Waals surface area (Å²) in [6.07, 6.45) is 5.55. The van der Waals surface area contributed by atoms with Gasteiger partial charge in [0.15, 0.2) is 29.1 Å². The fourth-order valence-corrected chi connectivity index (χ4v) is 4.31. The number of terminal acetylenes is 1. The predicted molar refractivity (Wildman–Crippen MR) is 144 cm³/mol. The van der Waals surface area contributed by atoms with Crippen molar-refractivity contribution in [1.82, 2.24) is 14.6 Å². The maximum Gasteiger partial charge on any atom is 0.280 e. The van der Waals surface area contributed by atoms with Crippen LogP contribution in [0.25, 0.3) is 10.9 Å². The van der Waals surface area contributed by atoms with Gasteiger partial charge in [-0.25, -0.2) is 27.2 Å². The summed E-state index contributed by atoms with van der Waals surface area (Å²) in [5, 5.41) is 0.465. The molecule has 1 atom stereocenters. The van der Waals surface area contributed by atoms with Crippen molar-refractivity contribution in [2.45, 2.75) is 18.9 Å². The first kappa shape index (κ1) is 28.6. The fraction of sp³-hybridized carbons (Fsp3) is 0.179. The van der Waals surface area contributed by atoms with Crippen LogP contribution in [0.3, 0.4) is 0 Å². The minimum absolute atomic E-state index is 0.0737. The normalized spacial score (nSPS) is 11.7. The number of para-hydroxylation sites is 1. The van der Waals surface area contributed by atoms with E-state index in [2.05, 4.69) is 16.3 Å². The van der Waals surface area contributed by atoms with Crippen LogP contribution in [-0.2, 0) is 0 Å². The lowest BCUT2D eigenvalue weighted by atomic mass is 10.1. The average Bonchev–Trinajstić information content (AvgIpc) is 2.95. The molecule has 0 bridgehead atoms. The monoisotopic (exact) mass is 571 g/mol. The van der Waals surface area contributed by atoms with E-state index in [1.165, 1.54) is 18.2 Å². The third-order valence-corrected chi connectivity index (χ3v) is 6.29. The first-order chi connectivity index (χ1) is 19.2. The Bertz CT molecular complexity index is 1670. The molecule has 0 aliphatic carbocycles. The van der Waals surface area contributed by atoms with Gasteiger partial charge < -0.3 is 10.6 Å². The van der Waals surface area contributed by atoms with Gasteiger partial charge in [0, 0.05) is 18.0 Å². The summed E-state index contributed by atoms with van der Waals surface area (Å²) in [6, 6.07) is 12.0. The van der Waals surface area contributed by atoms with Crippen LogP contribution in [-0.4, -0.2) is 33.6 Å². The van der Waals surface area contributed by atoms with Crippen LogP contribution in [0.2, 0.25) is 5.02 Å². The first-order valence-corrected chi connectivity index (χ1v) is 12.4. The Morgan fingerprint density at radius 3 is 2.50 bits per heavy atom. The van der Waals surface area contributed by atoms with E-state index >= 15 is 0 Å². The molecule has 0 fully saturated rings. The van der Waals surface area contributed by atoms with E-state index < -0.39 is 46.3 Å². The van der Waals surface area contributed by atoms with E-state index in [0.29, 0.717) is 5.69 Å². The minimum Gasteiger partial charge on any atom is -0.330 e. The van der Waals surface area contributed by atoms with Crippen LogP contribution in [0.15, 0.2) is 59.4 Å². The summed E-state index contributed by atoms with van der Waals surface area (Å²) in [6.45, 7) is -0.0898. The second-order valence-corrected chi connectivity index (χ2v) is 9.10. The van der Waals surface area contributed by atoms with E-state index in [0.717, 1.165) is 9.58 Å². The van der Waals surface area contributed by atoms with E-state index in [1.54, 1.807) is 30.3 Å². The molecule has 40 heavy (non-hydrogen) atoms. The van der Waals surface area contributed by atoms with Gasteiger partial charge in [-0.05, 0) is 49.4 Å². The topological polar surface area (TPSA) is 93.2 Å². The standard InChI is InChI=1S/C28H22ClF4N5O2/c1-2-7-22(37(13-6-12-34)27(39)19-15-20(30)24(32)25(33)23(19)31)26-35-21-14-16(29)10-11-18(21)28(40)38(26)36-17-8-4-3-5-9-17/h1,3-5,8-11,14-15,22,36H,6-7,12-13,34H2/t22-/m1/s1. The summed E-state index contributed by atoms with van der Waals surface area (Å²) in [4.78, 5) is 32.9. The predicted octanol–water partition coefficient (Wildman–Crippen LogP) is 5.04. The van der Waals surface area contributed by atoms with Crippen molar-refractivity contribution in [2.24, 2.45) is 5.73 Å². The number of benzene rings is 3. The number of carbonyl (C=O) groups is 1. The molecule has 4 rings (SSSR count). The molecule has 0 unspecified atom stereocenters. The summed E-state index contributed by atoms with van der Waals surface area (Å²) >= 11 is 6.14. The summed E-state index contributed by atoms with van der Waals surface area (Å²) < 4.78 is 57.6. The van der Waals surface area contributed by atoms with Crippen molar-refractivity contribution in [1.29, 1.82) is 0 Å². The molecule has 0 spiro atoms. The molecular formula is C28H22ClF4N5O2. The molecule has 0 saturated heterocycles. The third-order valence-electron chi connectivity index (χ3n) is 6.05. The van der Waals surface area contributed by atoms with Crippen LogP contribution in [0, 0.1) is 35.6 Å². The molecule has 12 heteroatoms. The Kier molecular flexibility index (Phi) is 8.72. The van der Waals surface area contributed by atoms with Crippen molar-refractivity contribution in [3.63, 3.8) is 0 Å². The second kappa shape index (κ2) is 12.2. The fourth-order valence-electron chi connectivity index (χ4n) is 4.15. The highest BCUT2D eigenvalue weighted by atomic mass is 35.5. The molecule has 0 aliphatic heterocycles. The molecule has 4 aromatic rings. The van der Waals surface area contributed by atoms with Gasteiger partial charge >= 0.3 is 0 Å². The Hall–Kier alpha value is -4.40. The number of fused-ring (bicyclic) bond motifs is 1. The van der Waals surface area contributed by atoms with Crippen molar-refractivity contribution in [3.05, 3.63) is 105 Å². The lowest BCUT2D eigenvalue weighted by Gasteiger charge is -2.32.